The van der Waals surface area contributed by atoms with Gasteiger partial charge in [0, 0.05) is 25.3 Å². The lowest BCUT2D eigenvalue weighted by Gasteiger charge is -2.45. The molecule has 4 rings (SSSR count). The van der Waals surface area contributed by atoms with Crippen LogP contribution in [0.25, 0.3) is 0 Å². The molecule has 0 bridgehead atoms. The summed E-state index contributed by atoms with van der Waals surface area (Å²) in [7, 11) is 4.91. The lowest BCUT2D eigenvalue weighted by molar-refractivity contribution is -0.151. The maximum atomic E-state index is 13.6. The summed E-state index contributed by atoms with van der Waals surface area (Å²) in [6, 6.07) is 10.4. The second-order valence-electron chi connectivity index (χ2n) is 8.12. The van der Waals surface area contributed by atoms with Crippen LogP contribution >= 0.6 is 0 Å². The van der Waals surface area contributed by atoms with Gasteiger partial charge in [0.15, 0.2) is 0 Å². The van der Waals surface area contributed by atoms with Crippen LogP contribution in [0.3, 0.4) is 0 Å². The van der Waals surface area contributed by atoms with Crippen molar-refractivity contribution >= 4 is 23.5 Å². The number of carbonyl (C=O) groups is 3. The fourth-order valence-corrected chi connectivity index (χ4v) is 4.41. The predicted octanol–water partition coefficient (Wildman–Crippen LogP) is 2.27. The molecule has 0 saturated carbocycles. The lowest BCUT2D eigenvalue weighted by Crippen LogP contribution is -2.68. The van der Waals surface area contributed by atoms with Crippen LogP contribution in [-0.4, -0.2) is 50.6 Å². The van der Waals surface area contributed by atoms with E-state index in [1.54, 1.807) is 18.2 Å². The summed E-state index contributed by atoms with van der Waals surface area (Å²) >= 11 is 0. The Kier molecular flexibility index (Phi) is 5.08. The fourth-order valence-electron chi connectivity index (χ4n) is 4.41. The smallest absolute Gasteiger partial charge is 0.331 e. The van der Waals surface area contributed by atoms with Crippen molar-refractivity contribution in [2.75, 3.05) is 32.7 Å². The average Bonchev–Trinajstić information content (AvgIpc) is 2.75. The van der Waals surface area contributed by atoms with Crippen molar-refractivity contribution in [3.63, 3.8) is 0 Å². The zero-order valence-electron chi connectivity index (χ0n) is 18.0. The molecule has 0 aromatic heterocycles. The number of aryl methyl sites for hydroxylation is 1. The molecule has 0 unspecified atom stereocenters. The number of rotatable bonds is 4. The molecule has 0 aliphatic carbocycles. The molecule has 2 aliphatic heterocycles. The van der Waals surface area contributed by atoms with Crippen LogP contribution < -0.4 is 19.7 Å². The highest BCUT2D eigenvalue weighted by Gasteiger charge is 2.56. The summed E-state index contributed by atoms with van der Waals surface area (Å²) in [5.41, 5.74) is 2.23. The molecule has 4 amide bonds. The van der Waals surface area contributed by atoms with Crippen LogP contribution in [0.1, 0.15) is 16.7 Å². The van der Waals surface area contributed by atoms with Crippen molar-refractivity contribution in [1.29, 1.82) is 0 Å². The van der Waals surface area contributed by atoms with Crippen molar-refractivity contribution in [2.45, 2.75) is 19.9 Å². The van der Waals surface area contributed by atoms with E-state index in [1.807, 2.05) is 37.1 Å². The van der Waals surface area contributed by atoms with Crippen LogP contribution in [-0.2, 0) is 22.6 Å². The molecule has 31 heavy (non-hydrogen) atoms. The highest BCUT2D eigenvalue weighted by atomic mass is 16.5. The quantitative estimate of drug-likeness (QED) is 0.759. The predicted molar refractivity (Wildman–Crippen MR) is 114 cm³/mol. The van der Waals surface area contributed by atoms with Gasteiger partial charge in [-0.1, -0.05) is 17.7 Å². The van der Waals surface area contributed by atoms with Crippen molar-refractivity contribution in [3.05, 3.63) is 53.1 Å². The third-order valence-corrected chi connectivity index (χ3v) is 5.95. The van der Waals surface area contributed by atoms with E-state index in [1.165, 1.54) is 14.2 Å². The Bertz CT molecular complexity index is 1060. The molecule has 1 atom stereocenters. The number of urea groups is 1. The molecule has 1 spiro atoms. The van der Waals surface area contributed by atoms with Gasteiger partial charge >= 0.3 is 6.03 Å². The molecular weight excluding hydrogens is 398 g/mol. The Hall–Kier alpha value is -3.55. The van der Waals surface area contributed by atoms with Crippen molar-refractivity contribution in [2.24, 2.45) is 5.41 Å². The van der Waals surface area contributed by atoms with E-state index in [0.29, 0.717) is 17.1 Å². The first-order chi connectivity index (χ1) is 14.8. The molecular formula is C23H25N3O5. The number of benzene rings is 2. The zero-order valence-corrected chi connectivity index (χ0v) is 18.0. The molecule has 2 aromatic rings. The van der Waals surface area contributed by atoms with E-state index in [2.05, 4.69) is 5.32 Å². The second kappa shape index (κ2) is 7.61. The summed E-state index contributed by atoms with van der Waals surface area (Å²) in [5, 5.41) is 2.40. The zero-order chi connectivity index (χ0) is 22.3. The number of nitrogens with one attached hydrogen (secondary N) is 1. The standard InChI is InChI=1S/C23H25N3O5/c1-14-5-6-19-16(7-14)11-23(13-25(19)2)20(27)24-22(29)26(21(23)28)12-15-8-17(30-3)10-18(9-15)31-4/h5-10H,11-13H2,1-4H3,(H,24,27,29)/t23-/m1/s1. The molecule has 8 heteroatoms. The van der Waals surface area contributed by atoms with E-state index in [9.17, 15) is 14.4 Å². The summed E-state index contributed by atoms with van der Waals surface area (Å²) in [6.45, 7) is 2.16. The maximum Gasteiger partial charge on any atom is 0.331 e. The van der Waals surface area contributed by atoms with Gasteiger partial charge in [0.25, 0.3) is 0 Å². The van der Waals surface area contributed by atoms with Crippen molar-refractivity contribution in [1.82, 2.24) is 10.2 Å². The summed E-state index contributed by atoms with van der Waals surface area (Å²) in [6.07, 6.45) is 0.240. The van der Waals surface area contributed by atoms with Crippen LogP contribution in [0.5, 0.6) is 11.5 Å². The summed E-state index contributed by atoms with van der Waals surface area (Å²) in [4.78, 5) is 42.3. The number of anilines is 1. The Morgan fingerprint density at radius 2 is 1.71 bits per heavy atom. The molecule has 2 aromatic carbocycles. The summed E-state index contributed by atoms with van der Waals surface area (Å²) < 4.78 is 10.6. The van der Waals surface area contributed by atoms with E-state index >= 15 is 0 Å². The number of ether oxygens (including phenoxy) is 2. The first-order valence-corrected chi connectivity index (χ1v) is 9.97. The van der Waals surface area contributed by atoms with E-state index in [4.69, 9.17) is 9.47 Å². The molecule has 162 valence electrons. The number of barbiturate groups is 1. The van der Waals surface area contributed by atoms with Crippen molar-refractivity contribution < 1.29 is 23.9 Å². The van der Waals surface area contributed by atoms with Crippen LogP contribution in [0.15, 0.2) is 36.4 Å². The molecule has 2 aliphatic rings. The Labute approximate surface area is 180 Å². The Morgan fingerprint density at radius 1 is 1.03 bits per heavy atom. The number of carbonyl (C=O) groups excluding carboxylic acids is 3. The van der Waals surface area contributed by atoms with Gasteiger partial charge in [0.2, 0.25) is 11.8 Å². The monoisotopic (exact) mass is 423 g/mol. The largest absolute Gasteiger partial charge is 0.497 e. The highest BCUT2D eigenvalue weighted by Crippen LogP contribution is 2.40. The normalized spacial score (nSPS) is 20.6. The first kappa shape index (κ1) is 20.7. The van der Waals surface area contributed by atoms with Gasteiger partial charge in [0.1, 0.15) is 16.9 Å². The van der Waals surface area contributed by atoms with E-state index in [-0.39, 0.29) is 19.5 Å². The Balaban J connectivity index is 1.70. The van der Waals surface area contributed by atoms with Gasteiger partial charge in [-0.15, -0.1) is 0 Å². The lowest BCUT2D eigenvalue weighted by atomic mass is 9.74. The number of imide groups is 2. The second-order valence-corrected chi connectivity index (χ2v) is 8.12. The van der Waals surface area contributed by atoms with Crippen LogP contribution in [0.4, 0.5) is 10.5 Å². The minimum atomic E-state index is -1.37. The molecule has 0 radical (unpaired) electrons. The topological polar surface area (TPSA) is 88.2 Å². The highest BCUT2D eigenvalue weighted by molar-refractivity contribution is 6.20. The molecule has 1 N–H and O–H groups in total. The summed E-state index contributed by atoms with van der Waals surface area (Å²) in [5.74, 6) is 0.0432. The Morgan fingerprint density at radius 3 is 2.35 bits per heavy atom. The first-order valence-electron chi connectivity index (χ1n) is 9.97. The number of fused-ring (bicyclic) bond motifs is 1. The SMILES string of the molecule is COc1cc(CN2C(=O)NC(=O)[C@]3(Cc4cc(C)ccc4N(C)C3)C2=O)cc(OC)c1. The van der Waals surface area contributed by atoms with Gasteiger partial charge in [-0.2, -0.15) is 0 Å². The minimum absolute atomic E-state index is 0.00234. The van der Waals surface area contributed by atoms with Gasteiger partial charge in [0.05, 0.1) is 20.8 Å². The van der Waals surface area contributed by atoms with Gasteiger partial charge in [-0.3, -0.25) is 19.8 Å². The molecule has 2 heterocycles. The number of nitrogens with zero attached hydrogens (tertiary/aromatic N) is 2. The van der Waals surface area contributed by atoms with Gasteiger partial charge in [-0.05, 0) is 42.7 Å². The number of hydrogen-bond donors (Lipinski definition) is 1. The molecule has 1 fully saturated rings. The minimum Gasteiger partial charge on any atom is -0.497 e. The van der Waals surface area contributed by atoms with Crippen LogP contribution in [0.2, 0.25) is 0 Å². The fraction of sp³-hybridized carbons (Fsp3) is 0.348. The average molecular weight is 423 g/mol. The maximum absolute atomic E-state index is 13.6. The van der Waals surface area contributed by atoms with Gasteiger partial charge < -0.3 is 14.4 Å². The van der Waals surface area contributed by atoms with Crippen LogP contribution in [0, 0.1) is 12.3 Å². The molecule has 1 saturated heterocycles. The molecule has 8 nitrogen and oxygen atoms in total. The van der Waals surface area contributed by atoms with Crippen molar-refractivity contribution in [3.8, 4) is 11.5 Å². The van der Waals surface area contributed by atoms with E-state index in [0.717, 1.165) is 21.7 Å². The number of hydrogen-bond acceptors (Lipinski definition) is 6. The number of methoxy groups -OCH3 is 2. The van der Waals surface area contributed by atoms with E-state index < -0.39 is 23.3 Å². The van der Waals surface area contributed by atoms with Gasteiger partial charge in [-0.25, -0.2) is 4.79 Å². The third-order valence-electron chi connectivity index (χ3n) is 5.95. The third kappa shape index (κ3) is 3.48. The number of amides is 4.